The first-order chi connectivity index (χ1) is 13.6. The number of nitrogens with zero attached hydrogens (tertiary/aromatic N) is 2. The lowest BCUT2D eigenvalue weighted by atomic mass is 9.85. The number of piperidine rings is 1. The molecule has 0 atom stereocenters. The van der Waals surface area contributed by atoms with Crippen LogP contribution in [0.4, 0.5) is 10.5 Å². The van der Waals surface area contributed by atoms with Crippen LogP contribution in [0.3, 0.4) is 0 Å². The van der Waals surface area contributed by atoms with Gasteiger partial charge in [-0.2, -0.15) is 0 Å². The molecule has 0 radical (unpaired) electrons. The number of carbonyl (C=O) groups excluding carboxylic acids is 1. The van der Waals surface area contributed by atoms with Gasteiger partial charge in [0.05, 0.1) is 12.8 Å². The van der Waals surface area contributed by atoms with Gasteiger partial charge in [0.25, 0.3) is 0 Å². The normalized spacial score (nSPS) is 17.8. The van der Waals surface area contributed by atoms with E-state index in [1.54, 1.807) is 7.11 Å². The van der Waals surface area contributed by atoms with E-state index in [1.807, 2.05) is 60.4 Å². The van der Waals surface area contributed by atoms with Crippen molar-refractivity contribution in [1.82, 2.24) is 4.90 Å². The number of carbonyl (C=O) groups is 1. The largest absolute Gasteiger partial charge is 0.497 e. The molecule has 146 valence electrons. The predicted molar refractivity (Wildman–Crippen MR) is 109 cm³/mol. The molecule has 0 saturated carbocycles. The van der Waals surface area contributed by atoms with Gasteiger partial charge in [-0.15, -0.1) is 0 Å². The Bertz CT molecular complexity index is 884. The van der Waals surface area contributed by atoms with Gasteiger partial charge in [-0.3, -0.25) is 0 Å². The summed E-state index contributed by atoms with van der Waals surface area (Å²) in [7, 11) is 1.66. The van der Waals surface area contributed by atoms with E-state index >= 15 is 0 Å². The number of urea groups is 1. The molecule has 1 spiro atoms. The van der Waals surface area contributed by atoms with Crippen molar-refractivity contribution in [3.05, 3.63) is 59.7 Å². The van der Waals surface area contributed by atoms with Crippen LogP contribution in [0, 0.1) is 6.92 Å². The number of ether oxygens (including phenoxy) is 1. The summed E-state index contributed by atoms with van der Waals surface area (Å²) in [5.41, 5.74) is 3.64. The van der Waals surface area contributed by atoms with Crippen molar-refractivity contribution in [2.75, 3.05) is 25.5 Å². The minimum absolute atomic E-state index is 0.0642. The van der Waals surface area contributed by atoms with Crippen molar-refractivity contribution in [3.8, 4) is 5.75 Å². The SMILES string of the molecule is COc1cccc(C2=NOC3(CCN(C(=O)Nc4ccc(C)cc4)CC3)C2)c1. The highest BCUT2D eigenvalue weighted by Crippen LogP contribution is 2.36. The molecular formula is C22H25N3O3. The molecule has 2 aliphatic heterocycles. The van der Waals surface area contributed by atoms with Crippen LogP contribution < -0.4 is 10.1 Å². The second kappa shape index (κ2) is 7.54. The summed E-state index contributed by atoms with van der Waals surface area (Å²) >= 11 is 0. The third kappa shape index (κ3) is 3.81. The number of hydrogen-bond donors (Lipinski definition) is 1. The van der Waals surface area contributed by atoms with E-state index < -0.39 is 0 Å². The van der Waals surface area contributed by atoms with Crippen LogP contribution in [-0.2, 0) is 4.84 Å². The Balaban J connectivity index is 1.34. The molecule has 0 unspecified atom stereocenters. The van der Waals surface area contributed by atoms with Crippen molar-refractivity contribution in [2.24, 2.45) is 5.16 Å². The number of hydrogen-bond acceptors (Lipinski definition) is 4. The van der Waals surface area contributed by atoms with E-state index in [-0.39, 0.29) is 11.6 Å². The summed E-state index contributed by atoms with van der Waals surface area (Å²) in [6.45, 7) is 3.33. The molecule has 2 aliphatic rings. The van der Waals surface area contributed by atoms with E-state index in [1.165, 1.54) is 5.56 Å². The molecule has 2 heterocycles. The maximum absolute atomic E-state index is 12.5. The monoisotopic (exact) mass is 379 g/mol. The summed E-state index contributed by atoms with van der Waals surface area (Å²) in [5, 5.41) is 7.31. The minimum atomic E-state index is -0.306. The molecule has 1 fully saturated rings. The number of aryl methyl sites for hydroxylation is 1. The third-order valence-corrected chi connectivity index (χ3v) is 5.51. The van der Waals surface area contributed by atoms with Crippen LogP contribution in [0.5, 0.6) is 5.75 Å². The van der Waals surface area contributed by atoms with Crippen molar-refractivity contribution < 1.29 is 14.4 Å². The highest BCUT2D eigenvalue weighted by Gasteiger charge is 2.43. The Morgan fingerprint density at radius 2 is 1.93 bits per heavy atom. The van der Waals surface area contributed by atoms with Gasteiger partial charge in [0.2, 0.25) is 0 Å². The Morgan fingerprint density at radius 1 is 1.18 bits per heavy atom. The summed E-state index contributed by atoms with van der Waals surface area (Å²) in [6, 6.07) is 15.6. The standard InChI is InChI=1S/C22H25N3O3/c1-16-6-8-18(9-7-16)23-21(26)25-12-10-22(11-13-25)15-20(24-28-22)17-4-3-5-19(14-17)27-2/h3-9,14H,10-13,15H2,1-2H3,(H,23,26). The fraction of sp³-hybridized carbons (Fsp3) is 0.364. The van der Waals surface area contributed by atoms with Gasteiger partial charge in [0.1, 0.15) is 11.4 Å². The van der Waals surface area contributed by atoms with E-state index in [0.29, 0.717) is 13.1 Å². The maximum atomic E-state index is 12.5. The summed E-state index contributed by atoms with van der Waals surface area (Å²) < 4.78 is 5.30. The van der Waals surface area contributed by atoms with Crippen LogP contribution >= 0.6 is 0 Å². The van der Waals surface area contributed by atoms with E-state index in [2.05, 4.69) is 10.5 Å². The number of rotatable bonds is 3. The fourth-order valence-corrected chi connectivity index (χ4v) is 3.70. The molecule has 2 aromatic carbocycles. The summed E-state index contributed by atoms with van der Waals surface area (Å²) in [5.74, 6) is 0.809. The molecule has 1 N–H and O–H groups in total. The van der Waals surface area contributed by atoms with Crippen molar-refractivity contribution in [2.45, 2.75) is 31.8 Å². The highest BCUT2D eigenvalue weighted by molar-refractivity contribution is 6.02. The third-order valence-electron chi connectivity index (χ3n) is 5.51. The predicted octanol–water partition coefficient (Wildman–Crippen LogP) is 4.19. The molecule has 28 heavy (non-hydrogen) atoms. The first-order valence-electron chi connectivity index (χ1n) is 9.59. The second-order valence-electron chi connectivity index (χ2n) is 7.50. The van der Waals surface area contributed by atoms with Crippen molar-refractivity contribution in [1.29, 1.82) is 0 Å². The highest BCUT2D eigenvalue weighted by atomic mass is 16.7. The van der Waals surface area contributed by atoms with Crippen LogP contribution in [-0.4, -0.2) is 42.4 Å². The molecule has 0 bridgehead atoms. The van der Waals surface area contributed by atoms with E-state index in [4.69, 9.17) is 9.57 Å². The van der Waals surface area contributed by atoms with Crippen molar-refractivity contribution in [3.63, 3.8) is 0 Å². The Morgan fingerprint density at radius 3 is 2.64 bits per heavy atom. The molecular weight excluding hydrogens is 354 g/mol. The van der Waals surface area contributed by atoms with Crippen LogP contribution in [0.2, 0.25) is 0 Å². The zero-order valence-electron chi connectivity index (χ0n) is 16.3. The Hall–Kier alpha value is -3.02. The molecule has 0 aromatic heterocycles. The maximum Gasteiger partial charge on any atom is 0.321 e. The number of nitrogens with one attached hydrogen (secondary N) is 1. The molecule has 4 rings (SSSR count). The number of oxime groups is 1. The lowest BCUT2D eigenvalue weighted by molar-refractivity contribution is -0.0544. The summed E-state index contributed by atoms with van der Waals surface area (Å²) in [6.07, 6.45) is 2.30. The van der Waals surface area contributed by atoms with Gasteiger partial charge in [-0.1, -0.05) is 35.0 Å². The van der Waals surface area contributed by atoms with Crippen LogP contribution in [0.25, 0.3) is 0 Å². The first-order valence-corrected chi connectivity index (χ1v) is 9.59. The second-order valence-corrected chi connectivity index (χ2v) is 7.50. The average molecular weight is 379 g/mol. The quantitative estimate of drug-likeness (QED) is 0.870. The lowest BCUT2D eigenvalue weighted by Crippen LogP contribution is -2.48. The number of amides is 2. The average Bonchev–Trinajstić information content (AvgIpc) is 3.14. The Kier molecular flexibility index (Phi) is 4.94. The van der Waals surface area contributed by atoms with Gasteiger partial charge < -0.3 is 19.8 Å². The molecule has 0 aliphatic carbocycles. The van der Waals surface area contributed by atoms with Gasteiger partial charge in [-0.25, -0.2) is 4.79 Å². The number of likely N-dealkylation sites (tertiary alicyclic amines) is 1. The van der Waals surface area contributed by atoms with Crippen molar-refractivity contribution >= 4 is 17.4 Å². The molecule has 2 amide bonds. The molecule has 2 aromatic rings. The van der Waals surface area contributed by atoms with Gasteiger partial charge in [-0.05, 0) is 31.2 Å². The van der Waals surface area contributed by atoms with E-state index in [0.717, 1.165) is 42.0 Å². The summed E-state index contributed by atoms with van der Waals surface area (Å²) in [4.78, 5) is 20.3. The van der Waals surface area contributed by atoms with E-state index in [9.17, 15) is 4.79 Å². The van der Waals surface area contributed by atoms with Crippen LogP contribution in [0.15, 0.2) is 53.7 Å². The zero-order chi connectivity index (χ0) is 19.6. The van der Waals surface area contributed by atoms with Gasteiger partial charge in [0, 0.05) is 43.6 Å². The lowest BCUT2D eigenvalue weighted by Gasteiger charge is -2.37. The first kappa shape index (κ1) is 18.3. The molecule has 6 heteroatoms. The van der Waals surface area contributed by atoms with Gasteiger partial charge >= 0.3 is 6.03 Å². The number of methoxy groups -OCH3 is 1. The minimum Gasteiger partial charge on any atom is -0.497 e. The number of anilines is 1. The fourth-order valence-electron chi connectivity index (χ4n) is 3.70. The molecule has 6 nitrogen and oxygen atoms in total. The smallest absolute Gasteiger partial charge is 0.321 e. The van der Waals surface area contributed by atoms with Gasteiger partial charge in [0.15, 0.2) is 0 Å². The number of benzene rings is 2. The molecule has 1 saturated heterocycles. The van der Waals surface area contributed by atoms with Crippen LogP contribution in [0.1, 0.15) is 30.4 Å². The zero-order valence-corrected chi connectivity index (χ0v) is 16.3. The Labute approximate surface area is 165 Å². The topological polar surface area (TPSA) is 63.2 Å².